The largest absolute Gasteiger partial charge is 0.465 e. The van der Waals surface area contributed by atoms with Crippen LogP contribution in [0, 0.1) is 0 Å². The lowest BCUT2D eigenvalue weighted by molar-refractivity contribution is 0.0607. The number of hydrogen-bond acceptors (Lipinski definition) is 6. The zero-order chi connectivity index (χ0) is 18.5. The van der Waals surface area contributed by atoms with Gasteiger partial charge in [-0.2, -0.15) is 0 Å². The molecular weight excluding hydrogens is 360 g/mol. The van der Waals surface area contributed by atoms with E-state index in [0.29, 0.717) is 10.6 Å². The highest BCUT2D eigenvalue weighted by atomic mass is 32.1. The summed E-state index contributed by atoms with van der Waals surface area (Å²) in [6, 6.07) is 12.1. The fourth-order valence-corrected chi connectivity index (χ4v) is 4.85. The lowest BCUT2D eigenvalue weighted by Crippen LogP contribution is -2.08. The van der Waals surface area contributed by atoms with Crippen LogP contribution in [0.15, 0.2) is 47.1 Å². The van der Waals surface area contributed by atoms with Gasteiger partial charge < -0.3 is 14.9 Å². The molecule has 5 rings (SSSR count). The number of aryl methyl sites for hydroxylation is 1. The quantitative estimate of drug-likeness (QED) is 0.514. The Morgan fingerprint density at radius 2 is 2.07 bits per heavy atom. The maximum Gasteiger partial charge on any atom is 0.350 e. The molecule has 0 spiro atoms. The molecule has 1 aliphatic carbocycles. The number of hydrogen-bond donors (Lipinski definition) is 1. The third-order valence-electron chi connectivity index (χ3n) is 5.03. The van der Waals surface area contributed by atoms with Crippen molar-refractivity contribution in [1.82, 2.24) is 4.98 Å². The Hall–Kier alpha value is -3.12. The Kier molecular flexibility index (Phi) is 3.55. The molecule has 5 nitrogen and oxygen atoms in total. The first-order valence-corrected chi connectivity index (χ1v) is 9.46. The van der Waals surface area contributed by atoms with Crippen LogP contribution < -0.4 is 5.73 Å². The Labute approximate surface area is 159 Å². The van der Waals surface area contributed by atoms with Crippen molar-refractivity contribution in [3.05, 3.63) is 58.7 Å². The zero-order valence-corrected chi connectivity index (χ0v) is 15.4. The van der Waals surface area contributed by atoms with Crippen LogP contribution >= 0.6 is 11.3 Å². The van der Waals surface area contributed by atoms with Crippen molar-refractivity contribution in [3.8, 4) is 22.6 Å². The number of ether oxygens (including phenoxy) is 1. The second-order valence-corrected chi connectivity index (χ2v) is 7.46. The molecule has 0 amide bonds. The number of aromatic nitrogens is 1. The average Bonchev–Trinajstić information content (AvgIpc) is 3.34. The van der Waals surface area contributed by atoms with Gasteiger partial charge in [0.2, 0.25) is 0 Å². The number of pyridine rings is 1. The van der Waals surface area contributed by atoms with Crippen molar-refractivity contribution >= 4 is 33.2 Å². The molecule has 3 aromatic heterocycles. The predicted molar refractivity (Wildman–Crippen MR) is 106 cm³/mol. The number of methoxy groups -OCH3 is 1. The van der Waals surface area contributed by atoms with Gasteiger partial charge in [-0.1, -0.05) is 24.3 Å². The van der Waals surface area contributed by atoms with Crippen molar-refractivity contribution in [3.63, 3.8) is 0 Å². The molecule has 0 saturated heterocycles. The van der Waals surface area contributed by atoms with Crippen LogP contribution in [0.25, 0.3) is 32.8 Å². The summed E-state index contributed by atoms with van der Waals surface area (Å²) in [6.45, 7) is 0. The van der Waals surface area contributed by atoms with E-state index < -0.39 is 5.97 Å². The minimum absolute atomic E-state index is 0.378. The number of rotatable bonds is 2. The second kappa shape index (κ2) is 5.96. The first-order valence-electron chi connectivity index (χ1n) is 8.64. The number of nitrogen functional groups attached to an aromatic ring is 1. The number of benzene rings is 1. The SMILES string of the molecule is COC(=O)c1sc2nc3c(c(-c4ccco4)c2c1N)CCc1ccccc1-3. The van der Waals surface area contributed by atoms with Gasteiger partial charge in [-0.15, -0.1) is 11.3 Å². The summed E-state index contributed by atoms with van der Waals surface area (Å²) in [5.41, 5.74) is 12.2. The molecule has 1 aromatic carbocycles. The van der Waals surface area contributed by atoms with Crippen LogP contribution in [0.4, 0.5) is 5.69 Å². The molecule has 2 N–H and O–H groups in total. The first-order chi connectivity index (χ1) is 13.2. The summed E-state index contributed by atoms with van der Waals surface area (Å²) < 4.78 is 10.6. The molecule has 6 heteroatoms. The first kappa shape index (κ1) is 16.1. The monoisotopic (exact) mass is 376 g/mol. The van der Waals surface area contributed by atoms with Crippen molar-refractivity contribution in [2.75, 3.05) is 12.8 Å². The topological polar surface area (TPSA) is 78.3 Å². The molecule has 0 unspecified atom stereocenters. The number of nitrogens with zero attached hydrogens (tertiary/aromatic N) is 1. The molecule has 4 aromatic rings. The number of carbonyl (C=O) groups is 1. The van der Waals surface area contributed by atoms with Gasteiger partial charge in [0.1, 0.15) is 15.5 Å². The highest BCUT2D eigenvalue weighted by Gasteiger charge is 2.28. The average molecular weight is 376 g/mol. The molecule has 0 fully saturated rings. The summed E-state index contributed by atoms with van der Waals surface area (Å²) in [5, 5.41) is 0.772. The van der Waals surface area contributed by atoms with E-state index in [2.05, 4.69) is 12.1 Å². The normalized spacial score (nSPS) is 12.6. The minimum Gasteiger partial charge on any atom is -0.465 e. The minimum atomic E-state index is -0.445. The van der Waals surface area contributed by atoms with Crippen LogP contribution in [0.5, 0.6) is 0 Å². The number of fused-ring (bicyclic) bond motifs is 4. The molecule has 3 heterocycles. The summed E-state index contributed by atoms with van der Waals surface area (Å²) in [4.78, 5) is 18.2. The smallest absolute Gasteiger partial charge is 0.350 e. The number of esters is 1. The van der Waals surface area contributed by atoms with Crippen LogP contribution in [0.1, 0.15) is 20.8 Å². The van der Waals surface area contributed by atoms with E-state index in [4.69, 9.17) is 19.9 Å². The van der Waals surface area contributed by atoms with Crippen LogP contribution in [-0.4, -0.2) is 18.1 Å². The number of furan rings is 1. The van der Waals surface area contributed by atoms with E-state index >= 15 is 0 Å². The number of carbonyl (C=O) groups excluding carboxylic acids is 1. The highest BCUT2D eigenvalue weighted by molar-refractivity contribution is 7.21. The Bertz CT molecular complexity index is 1190. The van der Waals surface area contributed by atoms with Gasteiger partial charge in [-0.3, -0.25) is 0 Å². The lowest BCUT2D eigenvalue weighted by atomic mass is 9.85. The fourth-order valence-electron chi connectivity index (χ4n) is 3.82. The van der Waals surface area contributed by atoms with E-state index in [0.717, 1.165) is 51.2 Å². The van der Waals surface area contributed by atoms with E-state index in [1.165, 1.54) is 24.0 Å². The summed E-state index contributed by atoms with van der Waals surface area (Å²) in [6.07, 6.45) is 3.42. The molecule has 1 aliphatic rings. The van der Waals surface area contributed by atoms with Crippen LogP contribution in [0.2, 0.25) is 0 Å². The maximum atomic E-state index is 12.2. The van der Waals surface area contributed by atoms with E-state index in [1.807, 2.05) is 24.3 Å². The van der Waals surface area contributed by atoms with Gasteiger partial charge in [-0.25, -0.2) is 9.78 Å². The van der Waals surface area contributed by atoms with E-state index in [1.54, 1.807) is 6.26 Å². The molecule has 134 valence electrons. The maximum absolute atomic E-state index is 12.2. The van der Waals surface area contributed by atoms with Crippen molar-refractivity contribution in [1.29, 1.82) is 0 Å². The molecule has 27 heavy (non-hydrogen) atoms. The van der Waals surface area contributed by atoms with Crippen molar-refractivity contribution < 1.29 is 13.9 Å². The van der Waals surface area contributed by atoms with Gasteiger partial charge in [0.25, 0.3) is 0 Å². The zero-order valence-electron chi connectivity index (χ0n) is 14.6. The molecular formula is C21H16N2O3S. The van der Waals surface area contributed by atoms with Gasteiger partial charge in [-0.05, 0) is 36.1 Å². The van der Waals surface area contributed by atoms with E-state index in [-0.39, 0.29) is 0 Å². The lowest BCUT2D eigenvalue weighted by Gasteiger charge is -2.21. The summed E-state index contributed by atoms with van der Waals surface area (Å²) in [7, 11) is 1.36. The standard InChI is InChI=1S/C21H16N2O3S/c1-25-21(24)19-17(22)16-15(14-7-4-10-26-14)13-9-8-11-5-2-3-6-12(11)18(13)23-20(16)27-19/h2-7,10H,8-9,22H2,1H3. The van der Waals surface area contributed by atoms with E-state index in [9.17, 15) is 4.79 Å². The highest BCUT2D eigenvalue weighted by Crippen LogP contribution is 2.46. The number of nitrogens with two attached hydrogens (primary N) is 1. The molecule has 0 saturated carbocycles. The van der Waals surface area contributed by atoms with Crippen molar-refractivity contribution in [2.45, 2.75) is 12.8 Å². The second-order valence-electron chi connectivity index (χ2n) is 6.47. The Morgan fingerprint density at radius 1 is 1.22 bits per heavy atom. The van der Waals surface area contributed by atoms with Crippen LogP contribution in [-0.2, 0) is 17.6 Å². The third-order valence-corrected chi connectivity index (χ3v) is 6.11. The van der Waals surface area contributed by atoms with Gasteiger partial charge >= 0.3 is 5.97 Å². The Balaban J connectivity index is 1.91. The van der Waals surface area contributed by atoms with Gasteiger partial charge in [0.15, 0.2) is 0 Å². The molecule has 0 atom stereocenters. The fraction of sp³-hybridized carbons (Fsp3) is 0.143. The molecule has 0 bridgehead atoms. The molecule has 0 aliphatic heterocycles. The third kappa shape index (κ3) is 2.30. The van der Waals surface area contributed by atoms with Gasteiger partial charge in [0.05, 0.1) is 24.8 Å². The molecule has 0 radical (unpaired) electrons. The Morgan fingerprint density at radius 3 is 2.85 bits per heavy atom. The predicted octanol–water partition coefficient (Wildman–Crippen LogP) is 4.69. The number of anilines is 1. The van der Waals surface area contributed by atoms with Crippen molar-refractivity contribution in [2.24, 2.45) is 0 Å². The number of thiophene rings is 1. The summed E-state index contributed by atoms with van der Waals surface area (Å²) in [5.74, 6) is 0.290. The summed E-state index contributed by atoms with van der Waals surface area (Å²) >= 11 is 1.26. The van der Waals surface area contributed by atoms with Crippen LogP contribution in [0.3, 0.4) is 0 Å². The van der Waals surface area contributed by atoms with Gasteiger partial charge in [0, 0.05) is 16.5 Å².